The molecule has 5 nitrogen and oxygen atoms in total. The Labute approximate surface area is 139 Å². The summed E-state index contributed by atoms with van der Waals surface area (Å²) in [6.07, 6.45) is 7.53. The topological polar surface area (TPSA) is 47.9 Å². The molecule has 2 fully saturated rings. The molecular formula is C14H27IN4O. The number of aliphatic imine (C=N–C) groups is 1. The van der Waals surface area contributed by atoms with Gasteiger partial charge >= 0.3 is 0 Å². The van der Waals surface area contributed by atoms with Gasteiger partial charge in [-0.05, 0) is 25.7 Å². The molecule has 0 aromatic heterocycles. The Bertz CT molecular complexity index is 334. The lowest BCUT2D eigenvalue weighted by Crippen LogP contribution is -2.44. The number of rotatable bonds is 3. The van der Waals surface area contributed by atoms with Gasteiger partial charge in [0.2, 0.25) is 5.91 Å². The maximum Gasteiger partial charge on any atom is 0.243 e. The lowest BCUT2D eigenvalue weighted by atomic mass is 10.2. The minimum absolute atomic E-state index is 0. The van der Waals surface area contributed by atoms with Crippen LogP contribution in [0.4, 0.5) is 0 Å². The summed E-state index contributed by atoms with van der Waals surface area (Å²) in [5.41, 5.74) is 0. The van der Waals surface area contributed by atoms with Gasteiger partial charge in [-0.15, -0.1) is 24.0 Å². The minimum atomic E-state index is 0. The maximum absolute atomic E-state index is 11.7. The quantitative estimate of drug-likeness (QED) is 0.450. The Balaban J connectivity index is 0.00000200. The van der Waals surface area contributed by atoms with E-state index in [9.17, 15) is 4.79 Å². The van der Waals surface area contributed by atoms with Gasteiger partial charge in [0, 0.05) is 33.2 Å². The number of likely N-dealkylation sites (tertiary alicyclic amines) is 1. The molecule has 0 bridgehead atoms. The van der Waals surface area contributed by atoms with Gasteiger partial charge in [0.25, 0.3) is 0 Å². The highest BCUT2D eigenvalue weighted by molar-refractivity contribution is 14.0. The lowest BCUT2D eigenvalue weighted by Gasteiger charge is -2.24. The van der Waals surface area contributed by atoms with Crippen LogP contribution in [0.2, 0.25) is 0 Å². The van der Waals surface area contributed by atoms with Crippen molar-refractivity contribution >= 4 is 35.8 Å². The Morgan fingerprint density at radius 1 is 1.20 bits per heavy atom. The molecule has 2 rings (SSSR count). The average Bonchev–Trinajstić information content (AvgIpc) is 3.06. The third kappa shape index (κ3) is 5.10. The fraction of sp³-hybridized carbons (Fsp3) is 0.857. The van der Waals surface area contributed by atoms with E-state index in [1.807, 2.05) is 0 Å². The van der Waals surface area contributed by atoms with Crippen LogP contribution < -0.4 is 5.32 Å². The average molecular weight is 394 g/mol. The summed E-state index contributed by atoms with van der Waals surface area (Å²) in [5, 5.41) is 3.56. The van der Waals surface area contributed by atoms with E-state index in [-0.39, 0.29) is 36.4 Å². The first-order chi connectivity index (χ1) is 9.16. The number of hydrogen-bond acceptors (Lipinski definition) is 2. The zero-order chi connectivity index (χ0) is 13.7. The van der Waals surface area contributed by atoms with E-state index in [2.05, 4.69) is 15.2 Å². The number of likely N-dealkylation sites (N-methyl/N-ethyl adjacent to an activating group) is 1. The molecule has 1 saturated carbocycles. The van der Waals surface area contributed by atoms with Crippen LogP contribution in [-0.4, -0.2) is 61.4 Å². The molecule has 0 radical (unpaired) electrons. The third-order valence-electron chi connectivity index (χ3n) is 3.96. The fourth-order valence-corrected chi connectivity index (χ4v) is 2.70. The van der Waals surface area contributed by atoms with Crippen LogP contribution >= 0.6 is 24.0 Å². The number of carbonyl (C=O) groups excluding carboxylic acids is 1. The Morgan fingerprint density at radius 2 is 1.80 bits per heavy atom. The molecule has 0 aromatic rings. The second-order valence-corrected chi connectivity index (χ2v) is 5.75. The van der Waals surface area contributed by atoms with E-state index in [4.69, 9.17) is 0 Å². The van der Waals surface area contributed by atoms with Gasteiger partial charge in [-0.3, -0.25) is 4.79 Å². The standard InChI is InChI=1S/C14H26N4O.HI/c1-17(2)13(19)11-15-14(18-9-5-6-10-18)16-12-7-3-4-8-12;/h12H,3-11H2,1-2H3,(H,15,16);1H. The van der Waals surface area contributed by atoms with Crippen LogP contribution in [0.15, 0.2) is 4.99 Å². The summed E-state index contributed by atoms with van der Waals surface area (Å²) >= 11 is 0. The molecule has 0 atom stereocenters. The number of guanidine groups is 1. The smallest absolute Gasteiger partial charge is 0.243 e. The minimum Gasteiger partial charge on any atom is -0.353 e. The number of carbonyl (C=O) groups is 1. The van der Waals surface area contributed by atoms with Crippen LogP contribution in [0.1, 0.15) is 38.5 Å². The van der Waals surface area contributed by atoms with Crippen molar-refractivity contribution in [3.05, 3.63) is 0 Å². The summed E-state index contributed by atoms with van der Waals surface area (Å²) in [7, 11) is 3.55. The predicted octanol–water partition coefficient (Wildman–Crippen LogP) is 1.68. The van der Waals surface area contributed by atoms with E-state index in [0.717, 1.165) is 19.0 Å². The molecule has 1 N–H and O–H groups in total. The molecule has 6 heteroatoms. The van der Waals surface area contributed by atoms with Gasteiger partial charge in [0.05, 0.1) is 0 Å². The molecule has 0 spiro atoms. The second-order valence-electron chi connectivity index (χ2n) is 5.75. The van der Waals surface area contributed by atoms with Crippen molar-refractivity contribution in [1.82, 2.24) is 15.1 Å². The van der Waals surface area contributed by atoms with Gasteiger partial charge in [-0.2, -0.15) is 0 Å². The van der Waals surface area contributed by atoms with Crippen LogP contribution in [0, 0.1) is 0 Å². The van der Waals surface area contributed by atoms with Crippen molar-refractivity contribution in [2.24, 2.45) is 4.99 Å². The zero-order valence-electron chi connectivity index (χ0n) is 12.6. The molecule has 1 aliphatic carbocycles. The Kier molecular flexibility index (Phi) is 7.61. The largest absolute Gasteiger partial charge is 0.353 e. The van der Waals surface area contributed by atoms with E-state index >= 15 is 0 Å². The maximum atomic E-state index is 11.7. The highest BCUT2D eigenvalue weighted by Crippen LogP contribution is 2.18. The first kappa shape index (κ1) is 17.5. The summed E-state index contributed by atoms with van der Waals surface area (Å²) in [4.78, 5) is 20.1. The van der Waals surface area contributed by atoms with Crippen molar-refractivity contribution in [2.75, 3.05) is 33.7 Å². The number of amides is 1. The van der Waals surface area contributed by atoms with Gasteiger partial charge < -0.3 is 15.1 Å². The molecule has 0 unspecified atom stereocenters. The third-order valence-corrected chi connectivity index (χ3v) is 3.96. The Hall–Kier alpha value is -0.530. The highest BCUT2D eigenvalue weighted by Gasteiger charge is 2.21. The fourth-order valence-electron chi connectivity index (χ4n) is 2.70. The van der Waals surface area contributed by atoms with E-state index < -0.39 is 0 Å². The summed E-state index contributed by atoms with van der Waals surface area (Å²) in [6.45, 7) is 2.38. The molecule has 1 saturated heterocycles. The van der Waals surface area contributed by atoms with Gasteiger partial charge in [-0.25, -0.2) is 4.99 Å². The van der Waals surface area contributed by atoms with Gasteiger partial charge in [0.15, 0.2) is 5.96 Å². The van der Waals surface area contributed by atoms with E-state index in [0.29, 0.717) is 6.04 Å². The first-order valence-corrected chi connectivity index (χ1v) is 7.43. The molecule has 2 aliphatic rings. The van der Waals surface area contributed by atoms with Crippen molar-refractivity contribution < 1.29 is 4.79 Å². The molecule has 20 heavy (non-hydrogen) atoms. The number of hydrogen-bond donors (Lipinski definition) is 1. The number of nitrogens with zero attached hydrogens (tertiary/aromatic N) is 3. The monoisotopic (exact) mass is 394 g/mol. The summed E-state index contributed by atoms with van der Waals surface area (Å²) < 4.78 is 0. The van der Waals surface area contributed by atoms with Crippen molar-refractivity contribution in [3.63, 3.8) is 0 Å². The van der Waals surface area contributed by atoms with Crippen molar-refractivity contribution in [2.45, 2.75) is 44.6 Å². The lowest BCUT2D eigenvalue weighted by molar-refractivity contribution is -0.127. The van der Waals surface area contributed by atoms with Crippen LogP contribution in [-0.2, 0) is 4.79 Å². The molecule has 1 amide bonds. The molecule has 1 aliphatic heterocycles. The van der Waals surface area contributed by atoms with E-state index in [1.54, 1.807) is 19.0 Å². The molecular weight excluding hydrogens is 367 g/mol. The molecule has 1 heterocycles. The van der Waals surface area contributed by atoms with Gasteiger partial charge in [0.1, 0.15) is 6.54 Å². The van der Waals surface area contributed by atoms with E-state index in [1.165, 1.54) is 38.5 Å². The zero-order valence-corrected chi connectivity index (χ0v) is 14.9. The van der Waals surface area contributed by atoms with Crippen molar-refractivity contribution in [1.29, 1.82) is 0 Å². The highest BCUT2D eigenvalue weighted by atomic mass is 127. The number of halogens is 1. The summed E-state index contributed by atoms with van der Waals surface area (Å²) in [5.74, 6) is 1.00. The summed E-state index contributed by atoms with van der Waals surface area (Å²) in [6, 6.07) is 0.550. The van der Waals surface area contributed by atoms with Crippen molar-refractivity contribution in [3.8, 4) is 0 Å². The Morgan fingerprint density at radius 3 is 2.35 bits per heavy atom. The van der Waals surface area contributed by atoms with Gasteiger partial charge in [-0.1, -0.05) is 12.8 Å². The molecule has 0 aromatic carbocycles. The SMILES string of the molecule is CN(C)C(=O)CN=C(NC1CCCC1)N1CCCC1.I. The number of nitrogens with one attached hydrogen (secondary N) is 1. The van der Waals surface area contributed by atoms with Crippen LogP contribution in [0.5, 0.6) is 0 Å². The second kappa shape index (κ2) is 8.69. The van der Waals surface area contributed by atoms with Crippen LogP contribution in [0.25, 0.3) is 0 Å². The normalized spacial score (nSPS) is 19.9. The molecule has 116 valence electrons. The predicted molar refractivity (Wildman–Crippen MR) is 92.6 cm³/mol. The first-order valence-electron chi connectivity index (χ1n) is 7.43. The van der Waals surface area contributed by atoms with Crippen LogP contribution in [0.3, 0.4) is 0 Å².